The lowest BCUT2D eigenvalue weighted by molar-refractivity contribution is 0.0929. The van der Waals surface area contributed by atoms with Crippen molar-refractivity contribution in [2.75, 3.05) is 13.7 Å². The van der Waals surface area contributed by atoms with Gasteiger partial charge in [-0.05, 0) is 44.5 Å². The van der Waals surface area contributed by atoms with E-state index in [1.165, 1.54) is 13.2 Å². The largest absolute Gasteiger partial charge is 0.496 e. The Labute approximate surface area is 113 Å². The lowest BCUT2D eigenvalue weighted by atomic mass is 10.1. The molecule has 1 aromatic rings. The van der Waals surface area contributed by atoms with E-state index >= 15 is 0 Å². The minimum Gasteiger partial charge on any atom is -0.496 e. The number of methoxy groups -OCH3 is 1. The normalized spacial score (nSPS) is 12.5. The maximum absolute atomic E-state index is 12.2. The van der Waals surface area contributed by atoms with Crippen LogP contribution in [0.2, 0.25) is 0 Å². The van der Waals surface area contributed by atoms with Crippen LogP contribution in [0.1, 0.15) is 19.4 Å². The monoisotopic (exact) mass is 288 g/mol. The van der Waals surface area contributed by atoms with Crippen molar-refractivity contribution in [3.8, 4) is 5.75 Å². The number of nitrogens with two attached hydrogens (primary N) is 1. The smallest absolute Gasteiger partial charge is 0.241 e. The van der Waals surface area contributed by atoms with Gasteiger partial charge >= 0.3 is 0 Å². The first-order valence-corrected chi connectivity index (χ1v) is 7.20. The Hall–Kier alpha value is -1.15. The number of sulfonamides is 1. The molecule has 0 aromatic heterocycles. The topological polar surface area (TPSA) is 90.7 Å². The molecular formula is C12H20N2O4S. The summed E-state index contributed by atoms with van der Waals surface area (Å²) in [7, 11) is -2.09. The molecule has 6 nitrogen and oxygen atoms in total. The van der Waals surface area contributed by atoms with Gasteiger partial charge < -0.3 is 9.57 Å². The summed E-state index contributed by atoms with van der Waals surface area (Å²) in [4.78, 5) is 4.68. The summed E-state index contributed by atoms with van der Waals surface area (Å²) >= 11 is 0. The molecule has 108 valence electrons. The number of rotatable bonds is 6. The van der Waals surface area contributed by atoms with Crippen molar-refractivity contribution < 1.29 is 18.0 Å². The van der Waals surface area contributed by atoms with Gasteiger partial charge in [-0.15, -0.1) is 0 Å². The minimum atomic E-state index is -3.63. The molecule has 0 atom stereocenters. The van der Waals surface area contributed by atoms with Gasteiger partial charge in [0.05, 0.1) is 24.2 Å². The van der Waals surface area contributed by atoms with Crippen LogP contribution in [-0.2, 0) is 14.9 Å². The zero-order valence-electron chi connectivity index (χ0n) is 11.6. The summed E-state index contributed by atoms with van der Waals surface area (Å²) < 4.78 is 32.1. The molecule has 0 saturated carbocycles. The van der Waals surface area contributed by atoms with E-state index in [0.29, 0.717) is 5.75 Å². The molecule has 1 aromatic carbocycles. The summed E-state index contributed by atoms with van der Waals surface area (Å²) in [6, 6.07) is 4.67. The van der Waals surface area contributed by atoms with E-state index < -0.39 is 15.6 Å². The lowest BCUT2D eigenvalue weighted by Crippen LogP contribution is -2.47. The van der Waals surface area contributed by atoms with Gasteiger partial charge in [0, 0.05) is 0 Å². The van der Waals surface area contributed by atoms with Crippen molar-refractivity contribution in [2.45, 2.75) is 31.2 Å². The molecular weight excluding hydrogens is 268 g/mol. The fourth-order valence-corrected chi connectivity index (χ4v) is 3.16. The van der Waals surface area contributed by atoms with Crippen molar-refractivity contribution in [1.82, 2.24) is 4.72 Å². The van der Waals surface area contributed by atoms with Crippen molar-refractivity contribution in [3.63, 3.8) is 0 Å². The van der Waals surface area contributed by atoms with Crippen LogP contribution >= 0.6 is 0 Å². The van der Waals surface area contributed by atoms with E-state index in [0.717, 1.165) is 5.56 Å². The number of ether oxygens (including phenoxy) is 1. The van der Waals surface area contributed by atoms with E-state index in [1.807, 2.05) is 0 Å². The van der Waals surface area contributed by atoms with Gasteiger partial charge in [0.2, 0.25) is 10.0 Å². The van der Waals surface area contributed by atoms with Crippen LogP contribution in [-0.4, -0.2) is 27.7 Å². The lowest BCUT2D eigenvalue weighted by Gasteiger charge is -2.24. The first-order chi connectivity index (χ1) is 8.72. The fourth-order valence-electron chi connectivity index (χ4n) is 1.68. The second kappa shape index (κ2) is 5.87. The Morgan fingerprint density at radius 3 is 2.47 bits per heavy atom. The Balaban J connectivity index is 3.04. The molecule has 0 aliphatic heterocycles. The second-order valence-corrected chi connectivity index (χ2v) is 6.61. The number of hydrogen-bond donors (Lipinski definition) is 2. The van der Waals surface area contributed by atoms with E-state index in [1.54, 1.807) is 32.9 Å². The molecule has 0 fully saturated rings. The molecule has 0 saturated heterocycles. The Kier molecular flexibility index (Phi) is 4.92. The highest BCUT2D eigenvalue weighted by molar-refractivity contribution is 7.89. The first kappa shape index (κ1) is 15.9. The first-order valence-electron chi connectivity index (χ1n) is 5.72. The second-order valence-electron chi connectivity index (χ2n) is 4.93. The van der Waals surface area contributed by atoms with Gasteiger partial charge in [-0.2, -0.15) is 0 Å². The van der Waals surface area contributed by atoms with Gasteiger partial charge in [0.25, 0.3) is 0 Å². The third-order valence-corrected chi connectivity index (χ3v) is 4.23. The quantitative estimate of drug-likeness (QED) is 0.761. The number of nitrogens with one attached hydrogen (secondary N) is 1. The van der Waals surface area contributed by atoms with Crippen LogP contribution < -0.4 is 15.4 Å². The average Bonchev–Trinajstić information content (AvgIpc) is 2.27. The van der Waals surface area contributed by atoms with E-state index in [2.05, 4.69) is 9.56 Å². The van der Waals surface area contributed by atoms with Crippen LogP contribution in [0.4, 0.5) is 0 Å². The van der Waals surface area contributed by atoms with E-state index in [4.69, 9.17) is 10.6 Å². The molecule has 0 amide bonds. The van der Waals surface area contributed by atoms with Gasteiger partial charge in [-0.1, -0.05) is 0 Å². The molecule has 0 spiro atoms. The summed E-state index contributed by atoms with van der Waals surface area (Å²) in [6.45, 7) is 5.23. The van der Waals surface area contributed by atoms with Gasteiger partial charge in [0.1, 0.15) is 5.75 Å². The van der Waals surface area contributed by atoms with Crippen LogP contribution in [0.25, 0.3) is 0 Å². The molecule has 0 unspecified atom stereocenters. The van der Waals surface area contributed by atoms with E-state index in [-0.39, 0.29) is 11.5 Å². The molecule has 7 heteroatoms. The third-order valence-electron chi connectivity index (χ3n) is 2.53. The van der Waals surface area contributed by atoms with Crippen LogP contribution in [0.3, 0.4) is 0 Å². The number of hydrogen-bond acceptors (Lipinski definition) is 5. The average molecular weight is 288 g/mol. The van der Waals surface area contributed by atoms with Gasteiger partial charge in [-0.3, -0.25) is 0 Å². The molecule has 0 aliphatic carbocycles. The highest BCUT2D eigenvalue weighted by Crippen LogP contribution is 2.22. The minimum absolute atomic E-state index is 0.0708. The van der Waals surface area contributed by atoms with Crippen molar-refractivity contribution in [3.05, 3.63) is 23.8 Å². The summed E-state index contributed by atoms with van der Waals surface area (Å²) in [5, 5.41) is 0. The molecule has 19 heavy (non-hydrogen) atoms. The van der Waals surface area contributed by atoms with Crippen molar-refractivity contribution in [1.29, 1.82) is 0 Å². The Morgan fingerprint density at radius 1 is 1.37 bits per heavy atom. The van der Waals surface area contributed by atoms with Crippen molar-refractivity contribution >= 4 is 10.0 Å². The highest BCUT2D eigenvalue weighted by atomic mass is 32.2. The number of aryl methyl sites for hydroxylation is 1. The van der Waals surface area contributed by atoms with Crippen molar-refractivity contribution in [2.24, 2.45) is 5.90 Å². The zero-order valence-corrected chi connectivity index (χ0v) is 12.4. The third kappa shape index (κ3) is 4.17. The van der Waals surface area contributed by atoms with Crippen LogP contribution in [0.15, 0.2) is 23.1 Å². The fraction of sp³-hybridized carbons (Fsp3) is 0.500. The summed E-state index contributed by atoms with van der Waals surface area (Å²) in [5.74, 6) is 5.62. The predicted octanol–water partition coefficient (Wildman–Crippen LogP) is 0.951. The summed E-state index contributed by atoms with van der Waals surface area (Å²) in [5.41, 5.74) is -0.0419. The maximum atomic E-state index is 12.2. The molecule has 1 rings (SSSR count). The Bertz CT molecular complexity index is 541. The number of benzene rings is 1. The Morgan fingerprint density at radius 2 is 2.00 bits per heavy atom. The molecule has 0 heterocycles. The standard InChI is InChI=1S/C12H20N2O4S/c1-9-7-10(5-6-11(9)17-4)19(15,16)14-12(2,3)8-18-13/h5-7,14H,8,13H2,1-4H3. The molecule has 0 bridgehead atoms. The van der Waals surface area contributed by atoms with Gasteiger partial charge in [-0.25, -0.2) is 19.0 Å². The van der Waals surface area contributed by atoms with Gasteiger partial charge in [0.15, 0.2) is 0 Å². The highest BCUT2D eigenvalue weighted by Gasteiger charge is 2.26. The molecule has 0 radical (unpaired) electrons. The van der Waals surface area contributed by atoms with Crippen LogP contribution in [0, 0.1) is 6.92 Å². The molecule has 3 N–H and O–H groups in total. The maximum Gasteiger partial charge on any atom is 0.241 e. The molecule has 0 aliphatic rings. The van der Waals surface area contributed by atoms with Crippen LogP contribution in [0.5, 0.6) is 5.75 Å². The summed E-state index contributed by atoms with van der Waals surface area (Å²) in [6.07, 6.45) is 0. The zero-order chi connectivity index (χ0) is 14.7. The van der Waals surface area contributed by atoms with E-state index in [9.17, 15) is 8.42 Å². The SMILES string of the molecule is COc1ccc(S(=O)(=O)NC(C)(C)CON)cc1C. The predicted molar refractivity (Wildman–Crippen MR) is 72.3 cm³/mol.